The van der Waals surface area contributed by atoms with Crippen molar-refractivity contribution in [1.29, 1.82) is 0 Å². The van der Waals surface area contributed by atoms with Gasteiger partial charge >= 0.3 is 0 Å². The maximum Gasteiger partial charge on any atom is 0.294 e. The van der Waals surface area contributed by atoms with E-state index < -0.39 is 0 Å². The number of methoxy groups -OCH3 is 1. The zero-order valence-corrected chi connectivity index (χ0v) is 12.7. The van der Waals surface area contributed by atoms with Crippen molar-refractivity contribution < 1.29 is 9.47 Å². The van der Waals surface area contributed by atoms with Crippen LogP contribution in [0, 0.1) is 0 Å². The summed E-state index contributed by atoms with van der Waals surface area (Å²) in [5.74, 6) is 0. The molecule has 0 saturated heterocycles. The molecule has 0 aromatic heterocycles. The van der Waals surface area contributed by atoms with Gasteiger partial charge in [-0.3, -0.25) is 0 Å². The minimum atomic E-state index is 0.454. The van der Waals surface area contributed by atoms with Crippen molar-refractivity contribution in [3.05, 3.63) is 0 Å². The third-order valence-corrected chi connectivity index (χ3v) is 2.60. The van der Waals surface area contributed by atoms with Crippen LogP contribution in [-0.2, 0) is 9.47 Å². The van der Waals surface area contributed by atoms with Crippen molar-refractivity contribution >= 4 is 23.4 Å². The Kier molecular flexibility index (Phi) is 10.7. The third kappa shape index (κ3) is 7.45. The van der Waals surface area contributed by atoms with Crippen LogP contribution >= 0.6 is 12.2 Å². The zero-order valence-electron chi connectivity index (χ0n) is 11.9. The number of nitrogens with one attached hydrogen (secondary N) is 1. The molecular weight excluding hydrogens is 250 g/mol. The predicted molar refractivity (Wildman–Crippen MR) is 79.1 cm³/mol. The van der Waals surface area contributed by atoms with Crippen LogP contribution in [0.5, 0.6) is 0 Å². The summed E-state index contributed by atoms with van der Waals surface area (Å²) >= 11 is 5.14. The summed E-state index contributed by atoms with van der Waals surface area (Å²) in [6.45, 7) is 10.0. The molecule has 0 fully saturated rings. The van der Waals surface area contributed by atoms with Gasteiger partial charge in [-0.25, -0.2) is 0 Å². The second kappa shape index (κ2) is 11.2. The van der Waals surface area contributed by atoms with E-state index in [2.05, 4.69) is 24.2 Å². The van der Waals surface area contributed by atoms with Crippen LogP contribution in [0.2, 0.25) is 0 Å². The molecule has 106 valence electrons. The van der Waals surface area contributed by atoms with Gasteiger partial charge in [0.1, 0.15) is 0 Å². The lowest BCUT2D eigenvalue weighted by atomic mass is 10.4. The third-order valence-electron chi connectivity index (χ3n) is 2.36. The van der Waals surface area contributed by atoms with Gasteiger partial charge in [0.05, 0.1) is 7.11 Å². The lowest BCUT2D eigenvalue weighted by Crippen LogP contribution is -2.34. The first kappa shape index (κ1) is 17.1. The van der Waals surface area contributed by atoms with Crippen molar-refractivity contribution in [2.24, 2.45) is 4.99 Å². The molecule has 18 heavy (non-hydrogen) atoms. The van der Waals surface area contributed by atoms with E-state index in [9.17, 15) is 0 Å². The van der Waals surface area contributed by atoms with Crippen LogP contribution in [0.3, 0.4) is 0 Å². The Labute approximate surface area is 116 Å². The highest BCUT2D eigenvalue weighted by molar-refractivity contribution is 7.80. The number of aliphatic imine (C=N–C) groups is 1. The molecule has 0 heterocycles. The molecule has 0 aliphatic carbocycles. The number of hydrogen-bond donors (Lipinski definition) is 1. The van der Waals surface area contributed by atoms with E-state index in [4.69, 9.17) is 21.7 Å². The van der Waals surface area contributed by atoms with Gasteiger partial charge in [0.25, 0.3) is 6.02 Å². The van der Waals surface area contributed by atoms with Gasteiger partial charge in [-0.1, -0.05) is 0 Å². The van der Waals surface area contributed by atoms with E-state index in [1.165, 1.54) is 0 Å². The fraction of sp³-hybridized carbons (Fsp3) is 0.833. The van der Waals surface area contributed by atoms with Gasteiger partial charge in [0.2, 0.25) is 0 Å². The molecule has 1 N–H and O–H groups in total. The monoisotopic (exact) mass is 275 g/mol. The standard InChI is InChI=1S/C12H25N3O2S/c1-5-15(6-2)12(16-4)14-11(18)13-9-8-10-17-7-3/h5-10H2,1-4H3,(H,13,18). The Morgan fingerprint density at radius 2 is 1.94 bits per heavy atom. The highest BCUT2D eigenvalue weighted by Gasteiger charge is 2.08. The van der Waals surface area contributed by atoms with Crippen LogP contribution in [0.15, 0.2) is 4.99 Å². The van der Waals surface area contributed by atoms with E-state index >= 15 is 0 Å². The Morgan fingerprint density at radius 1 is 1.28 bits per heavy atom. The number of thiocarbonyl (C=S) groups is 1. The molecule has 0 aromatic carbocycles. The average Bonchev–Trinajstić information content (AvgIpc) is 2.38. The number of rotatable bonds is 7. The van der Waals surface area contributed by atoms with Crippen LogP contribution in [0.4, 0.5) is 0 Å². The normalized spacial score (nSPS) is 11.2. The van der Waals surface area contributed by atoms with E-state index in [0.29, 0.717) is 11.1 Å². The fourth-order valence-corrected chi connectivity index (χ4v) is 1.56. The smallest absolute Gasteiger partial charge is 0.294 e. The minimum Gasteiger partial charge on any atom is -0.468 e. The fourth-order valence-electron chi connectivity index (χ4n) is 1.38. The number of ether oxygens (including phenoxy) is 2. The van der Waals surface area contributed by atoms with Gasteiger partial charge in [-0.05, 0) is 39.4 Å². The van der Waals surface area contributed by atoms with E-state index in [-0.39, 0.29) is 0 Å². The highest BCUT2D eigenvalue weighted by atomic mass is 32.1. The topological polar surface area (TPSA) is 46.1 Å². The van der Waals surface area contributed by atoms with Gasteiger partial charge < -0.3 is 19.7 Å². The molecule has 6 heteroatoms. The van der Waals surface area contributed by atoms with Crippen molar-refractivity contribution in [3.63, 3.8) is 0 Å². The summed E-state index contributed by atoms with van der Waals surface area (Å²) in [5.41, 5.74) is 0. The lowest BCUT2D eigenvalue weighted by molar-refractivity contribution is 0.146. The summed E-state index contributed by atoms with van der Waals surface area (Å²) < 4.78 is 10.5. The van der Waals surface area contributed by atoms with Crippen LogP contribution < -0.4 is 5.32 Å². The van der Waals surface area contributed by atoms with E-state index in [1.807, 2.05) is 11.8 Å². The van der Waals surface area contributed by atoms with Gasteiger partial charge in [0.15, 0.2) is 5.11 Å². The van der Waals surface area contributed by atoms with Gasteiger partial charge in [0, 0.05) is 32.8 Å². The van der Waals surface area contributed by atoms with Crippen molar-refractivity contribution in [3.8, 4) is 0 Å². The molecule has 0 aromatic rings. The molecule has 0 unspecified atom stereocenters. The van der Waals surface area contributed by atoms with Crippen molar-refractivity contribution in [1.82, 2.24) is 10.2 Å². The van der Waals surface area contributed by atoms with Gasteiger partial charge in [-0.15, -0.1) is 0 Å². The summed E-state index contributed by atoms with van der Waals surface area (Å²) in [5, 5.41) is 3.52. The molecule has 0 radical (unpaired) electrons. The molecule has 0 bridgehead atoms. The quantitative estimate of drug-likeness (QED) is 0.331. The molecule has 0 atom stereocenters. The molecular formula is C12H25N3O2S. The molecule has 0 aliphatic rings. The number of nitrogens with zero attached hydrogens (tertiary/aromatic N) is 2. The Morgan fingerprint density at radius 3 is 2.44 bits per heavy atom. The summed E-state index contributed by atoms with van der Waals surface area (Å²) in [6.07, 6.45) is 0.914. The maximum atomic E-state index is 5.24. The molecule has 5 nitrogen and oxygen atoms in total. The first-order valence-electron chi connectivity index (χ1n) is 6.42. The summed E-state index contributed by atoms with van der Waals surface area (Å²) in [6, 6.07) is 0.558. The van der Waals surface area contributed by atoms with E-state index in [1.54, 1.807) is 7.11 Å². The molecule has 0 aliphatic heterocycles. The number of amidine groups is 1. The van der Waals surface area contributed by atoms with E-state index in [0.717, 1.165) is 39.3 Å². The Bertz CT molecular complexity index is 256. The summed E-state index contributed by atoms with van der Waals surface area (Å²) in [7, 11) is 1.61. The Balaban J connectivity index is 4.07. The van der Waals surface area contributed by atoms with Crippen LogP contribution in [0.1, 0.15) is 27.2 Å². The molecule has 0 spiro atoms. The van der Waals surface area contributed by atoms with Crippen LogP contribution in [-0.4, -0.2) is 56.0 Å². The minimum absolute atomic E-state index is 0.454. The maximum absolute atomic E-state index is 5.24. The Hall–Kier alpha value is -0.880. The first-order chi connectivity index (χ1) is 8.69. The SMILES string of the molecule is CCOCCCNC(=S)N=C(OC)N(CC)CC. The lowest BCUT2D eigenvalue weighted by Gasteiger charge is -2.20. The second-order valence-corrected chi connectivity index (χ2v) is 3.94. The average molecular weight is 275 g/mol. The highest BCUT2D eigenvalue weighted by Crippen LogP contribution is 1.94. The van der Waals surface area contributed by atoms with Crippen LogP contribution in [0.25, 0.3) is 0 Å². The molecule has 0 amide bonds. The first-order valence-corrected chi connectivity index (χ1v) is 6.83. The zero-order chi connectivity index (χ0) is 13.8. The van der Waals surface area contributed by atoms with Crippen molar-refractivity contribution in [2.75, 3.05) is 40.0 Å². The molecule has 0 rings (SSSR count). The second-order valence-electron chi connectivity index (χ2n) is 3.55. The molecule has 0 saturated carbocycles. The number of hydrogen-bond acceptors (Lipinski definition) is 3. The largest absolute Gasteiger partial charge is 0.468 e. The van der Waals surface area contributed by atoms with Gasteiger partial charge in [-0.2, -0.15) is 4.99 Å². The summed E-state index contributed by atoms with van der Waals surface area (Å²) in [4.78, 5) is 6.26. The van der Waals surface area contributed by atoms with Crippen molar-refractivity contribution in [2.45, 2.75) is 27.2 Å². The predicted octanol–water partition coefficient (Wildman–Crippen LogP) is 1.63.